The van der Waals surface area contributed by atoms with E-state index in [1.807, 2.05) is 0 Å². The van der Waals surface area contributed by atoms with Crippen molar-refractivity contribution in [3.63, 3.8) is 0 Å². The van der Waals surface area contributed by atoms with E-state index in [0.29, 0.717) is 0 Å². The van der Waals surface area contributed by atoms with Gasteiger partial charge in [-0.25, -0.2) is 4.98 Å². The van der Waals surface area contributed by atoms with E-state index in [0.717, 1.165) is 32.4 Å². The second-order valence-electron chi connectivity index (χ2n) is 3.56. The van der Waals surface area contributed by atoms with Gasteiger partial charge in [-0.1, -0.05) is 0 Å². The summed E-state index contributed by atoms with van der Waals surface area (Å²) in [5, 5.41) is 9.38. The van der Waals surface area contributed by atoms with Gasteiger partial charge in [0.1, 0.15) is 5.56 Å². The van der Waals surface area contributed by atoms with Crippen molar-refractivity contribution in [3.8, 4) is 5.88 Å². The largest absolute Gasteiger partial charge is 0.493 e. The number of hydrogen-bond acceptors (Lipinski definition) is 4. The minimum Gasteiger partial charge on any atom is -0.493 e. The van der Waals surface area contributed by atoms with Gasteiger partial charge >= 0.3 is 0 Å². The van der Waals surface area contributed by atoms with Crippen molar-refractivity contribution in [3.05, 3.63) is 18.1 Å². The number of aromatic nitrogens is 2. The number of rotatable bonds is 1. The highest BCUT2D eigenvalue weighted by Gasteiger charge is 2.21. The van der Waals surface area contributed by atoms with E-state index in [-0.39, 0.29) is 17.4 Å². The van der Waals surface area contributed by atoms with E-state index in [9.17, 15) is 9.90 Å². The van der Waals surface area contributed by atoms with Gasteiger partial charge in [0.25, 0.3) is 5.91 Å². The minimum absolute atomic E-state index is 0.163. The second kappa shape index (κ2) is 4.25. The molecule has 1 saturated heterocycles. The third-order valence-electron chi connectivity index (χ3n) is 2.52. The first-order chi connectivity index (χ1) is 7.29. The molecule has 79 valence electrons. The lowest BCUT2D eigenvalue weighted by atomic mass is 10.1. The number of piperidine rings is 1. The maximum atomic E-state index is 11.9. The quantitative estimate of drug-likeness (QED) is 0.731. The van der Waals surface area contributed by atoms with E-state index in [4.69, 9.17) is 0 Å². The van der Waals surface area contributed by atoms with E-state index in [1.54, 1.807) is 4.90 Å². The number of carbonyl (C=O) groups is 1. The minimum atomic E-state index is -0.291. The van der Waals surface area contributed by atoms with Crippen molar-refractivity contribution in [1.82, 2.24) is 14.9 Å². The zero-order chi connectivity index (χ0) is 10.7. The Morgan fingerprint density at radius 2 is 2.13 bits per heavy atom. The standard InChI is InChI=1S/C10H12N3O2/c14-9-8(6-11-7-12-9)10(15)13-4-2-1-3-5-13/h6H,1-5H2,(H,11,12,14). The van der Waals surface area contributed by atoms with Gasteiger partial charge in [0, 0.05) is 19.3 Å². The monoisotopic (exact) mass is 206 g/mol. The molecule has 0 saturated carbocycles. The topological polar surface area (TPSA) is 66.3 Å². The van der Waals surface area contributed by atoms with Crippen molar-refractivity contribution >= 4 is 5.91 Å². The fraction of sp³-hybridized carbons (Fsp3) is 0.500. The van der Waals surface area contributed by atoms with Gasteiger partial charge in [0.05, 0.1) is 0 Å². The van der Waals surface area contributed by atoms with Gasteiger partial charge in [0.15, 0.2) is 0 Å². The van der Waals surface area contributed by atoms with Gasteiger partial charge in [-0.15, -0.1) is 0 Å². The van der Waals surface area contributed by atoms with Gasteiger partial charge in [-0.3, -0.25) is 4.79 Å². The maximum absolute atomic E-state index is 11.9. The van der Waals surface area contributed by atoms with Crippen LogP contribution < -0.4 is 0 Å². The molecular formula is C10H12N3O2. The van der Waals surface area contributed by atoms with Crippen LogP contribution in [0, 0.1) is 6.33 Å². The van der Waals surface area contributed by atoms with Gasteiger partial charge in [-0.05, 0) is 19.3 Å². The van der Waals surface area contributed by atoms with Crippen LogP contribution in [0.25, 0.3) is 0 Å². The Hall–Kier alpha value is -1.65. The van der Waals surface area contributed by atoms with Crippen LogP contribution in [0.3, 0.4) is 0 Å². The van der Waals surface area contributed by atoms with E-state index < -0.39 is 0 Å². The van der Waals surface area contributed by atoms with E-state index in [2.05, 4.69) is 16.3 Å². The van der Waals surface area contributed by atoms with Gasteiger partial charge in [0.2, 0.25) is 12.2 Å². The Kier molecular flexibility index (Phi) is 2.80. The SMILES string of the molecule is O=C(c1cn[c]nc1O)N1CCCCC1. The molecule has 2 heterocycles. The highest BCUT2D eigenvalue weighted by molar-refractivity contribution is 5.95. The van der Waals surface area contributed by atoms with Crippen molar-refractivity contribution in [2.24, 2.45) is 0 Å². The molecule has 5 heteroatoms. The normalized spacial score (nSPS) is 16.4. The number of aromatic hydroxyl groups is 1. The van der Waals surface area contributed by atoms with Crippen LogP contribution in [-0.2, 0) is 0 Å². The number of amides is 1. The first-order valence-electron chi connectivity index (χ1n) is 5.00. The van der Waals surface area contributed by atoms with Crippen LogP contribution in [0.1, 0.15) is 29.6 Å². The summed E-state index contributed by atoms with van der Waals surface area (Å²) < 4.78 is 0. The van der Waals surface area contributed by atoms with Crippen LogP contribution in [0.15, 0.2) is 6.20 Å². The Balaban J connectivity index is 2.16. The van der Waals surface area contributed by atoms with Crippen LogP contribution in [0.5, 0.6) is 5.88 Å². The third-order valence-corrected chi connectivity index (χ3v) is 2.52. The Morgan fingerprint density at radius 1 is 1.40 bits per heavy atom. The first kappa shape index (κ1) is 9.89. The predicted molar refractivity (Wildman–Crippen MR) is 52.3 cm³/mol. The zero-order valence-corrected chi connectivity index (χ0v) is 8.31. The van der Waals surface area contributed by atoms with Crippen LogP contribution in [0.4, 0.5) is 0 Å². The molecule has 0 atom stereocenters. The molecule has 1 fully saturated rings. The van der Waals surface area contributed by atoms with Crippen LogP contribution in [-0.4, -0.2) is 39.0 Å². The number of nitrogens with zero attached hydrogens (tertiary/aromatic N) is 3. The molecule has 1 aromatic heterocycles. The highest BCUT2D eigenvalue weighted by atomic mass is 16.3. The molecule has 15 heavy (non-hydrogen) atoms. The Labute approximate surface area is 87.8 Å². The predicted octanol–water partition coefficient (Wildman–Crippen LogP) is 0.608. The van der Waals surface area contributed by atoms with Gasteiger partial charge in [-0.2, -0.15) is 4.98 Å². The maximum Gasteiger partial charge on any atom is 0.260 e. The van der Waals surface area contributed by atoms with Gasteiger partial charge < -0.3 is 10.0 Å². The molecule has 5 nitrogen and oxygen atoms in total. The third kappa shape index (κ3) is 2.06. The Morgan fingerprint density at radius 3 is 2.80 bits per heavy atom. The van der Waals surface area contributed by atoms with Crippen molar-refractivity contribution in [2.45, 2.75) is 19.3 Å². The summed E-state index contributed by atoms with van der Waals surface area (Å²) >= 11 is 0. The molecular weight excluding hydrogens is 194 g/mol. The Bertz CT molecular complexity index is 361. The summed E-state index contributed by atoms with van der Waals surface area (Å²) in [4.78, 5) is 20.7. The number of likely N-dealkylation sites (tertiary alicyclic amines) is 1. The first-order valence-corrected chi connectivity index (χ1v) is 5.00. The average Bonchev–Trinajstić information content (AvgIpc) is 2.30. The molecule has 0 aliphatic carbocycles. The van der Waals surface area contributed by atoms with Crippen molar-refractivity contribution in [1.29, 1.82) is 0 Å². The molecule has 0 spiro atoms. The number of hydrogen-bond donors (Lipinski definition) is 1. The molecule has 1 N–H and O–H groups in total. The van der Waals surface area contributed by atoms with Crippen LogP contribution in [0.2, 0.25) is 0 Å². The van der Waals surface area contributed by atoms with E-state index in [1.165, 1.54) is 6.20 Å². The average molecular weight is 206 g/mol. The lowest BCUT2D eigenvalue weighted by Gasteiger charge is -2.26. The van der Waals surface area contributed by atoms with Crippen LogP contribution >= 0.6 is 0 Å². The fourth-order valence-electron chi connectivity index (χ4n) is 1.71. The molecule has 1 aromatic rings. The molecule has 1 aliphatic rings. The summed E-state index contributed by atoms with van der Waals surface area (Å²) in [6, 6.07) is 0. The zero-order valence-electron chi connectivity index (χ0n) is 8.31. The van der Waals surface area contributed by atoms with Crippen molar-refractivity contribution in [2.75, 3.05) is 13.1 Å². The summed E-state index contributed by atoms with van der Waals surface area (Å²) in [7, 11) is 0. The molecule has 0 bridgehead atoms. The summed E-state index contributed by atoms with van der Waals surface area (Å²) in [5.74, 6) is -0.484. The molecule has 2 rings (SSSR count). The van der Waals surface area contributed by atoms with E-state index >= 15 is 0 Å². The summed E-state index contributed by atoms with van der Waals surface area (Å²) in [5.41, 5.74) is 0.163. The molecule has 0 unspecified atom stereocenters. The molecule has 1 aliphatic heterocycles. The summed E-state index contributed by atoms with van der Waals surface area (Å²) in [6.07, 6.45) is 6.74. The lowest BCUT2D eigenvalue weighted by Crippen LogP contribution is -2.35. The highest BCUT2D eigenvalue weighted by Crippen LogP contribution is 2.17. The molecule has 1 amide bonds. The summed E-state index contributed by atoms with van der Waals surface area (Å²) in [6.45, 7) is 1.49. The molecule has 1 radical (unpaired) electrons. The fourth-order valence-corrected chi connectivity index (χ4v) is 1.71. The smallest absolute Gasteiger partial charge is 0.260 e. The lowest BCUT2D eigenvalue weighted by molar-refractivity contribution is 0.0720. The van der Waals surface area contributed by atoms with Crippen molar-refractivity contribution < 1.29 is 9.90 Å². The molecule has 0 aromatic carbocycles. The second-order valence-corrected chi connectivity index (χ2v) is 3.56. The number of carbonyl (C=O) groups excluding carboxylic acids is 1.